The number of thiophene rings is 1. The van der Waals surface area contributed by atoms with Crippen molar-refractivity contribution in [3.8, 4) is 0 Å². The van der Waals surface area contributed by atoms with Crippen LogP contribution < -0.4 is 5.32 Å². The third kappa shape index (κ3) is 5.31. The first-order chi connectivity index (χ1) is 10.7. The van der Waals surface area contributed by atoms with E-state index in [-0.39, 0.29) is 0 Å². The van der Waals surface area contributed by atoms with E-state index in [1.54, 1.807) is 31.0 Å². The smallest absolute Gasteiger partial charge is 0.193 e. The Hall–Kier alpha value is -1.60. The molecule has 2 aromatic rings. The first kappa shape index (κ1) is 16.8. The maximum absolute atomic E-state index is 5.96. The maximum Gasteiger partial charge on any atom is 0.193 e. The van der Waals surface area contributed by atoms with Crippen LogP contribution >= 0.6 is 22.9 Å². The molecule has 0 atom stereocenters. The number of aliphatic imine (C=N–C) groups is 1. The van der Waals surface area contributed by atoms with Crippen LogP contribution in [0.15, 0.2) is 29.8 Å². The standard InChI is InChI=1S/C14H21ClN6S/c1-16-14(20(2)9-12-5-6-13(15)22-12)17-7-3-4-8-21-10-18-19-11-21/h5-6,10-11H,3-4,7-9H2,1-2H3,(H,16,17). The highest BCUT2D eigenvalue weighted by Crippen LogP contribution is 2.22. The third-order valence-electron chi connectivity index (χ3n) is 3.19. The molecule has 2 heterocycles. The zero-order valence-corrected chi connectivity index (χ0v) is 14.4. The summed E-state index contributed by atoms with van der Waals surface area (Å²) >= 11 is 7.56. The Morgan fingerprint density at radius 3 is 2.77 bits per heavy atom. The second-order valence-electron chi connectivity index (χ2n) is 4.94. The molecule has 0 saturated heterocycles. The highest BCUT2D eigenvalue weighted by atomic mass is 35.5. The van der Waals surface area contributed by atoms with Crippen molar-refractivity contribution in [3.63, 3.8) is 0 Å². The molecule has 120 valence electrons. The molecular formula is C14H21ClN6S. The molecular weight excluding hydrogens is 320 g/mol. The minimum atomic E-state index is 0.803. The summed E-state index contributed by atoms with van der Waals surface area (Å²) in [6, 6.07) is 3.98. The Balaban J connectivity index is 1.68. The zero-order chi connectivity index (χ0) is 15.8. The highest BCUT2D eigenvalue weighted by Gasteiger charge is 2.07. The molecule has 0 bridgehead atoms. The van der Waals surface area contributed by atoms with E-state index in [2.05, 4.69) is 31.5 Å². The van der Waals surface area contributed by atoms with Gasteiger partial charge in [-0.15, -0.1) is 21.5 Å². The molecule has 0 saturated carbocycles. The van der Waals surface area contributed by atoms with Crippen LogP contribution in [0.3, 0.4) is 0 Å². The van der Waals surface area contributed by atoms with Crippen LogP contribution in [0.1, 0.15) is 17.7 Å². The number of aryl methyl sites for hydroxylation is 1. The SMILES string of the molecule is CN=C(NCCCCn1cnnc1)N(C)Cc1ccc(Cl)s1. The van der Waals surface area contributed by atoms with Crippen molar-refractivity contribution in [3.05, 3.63) is 34.0 Å². The third-order valence-corrected chi connectivity index (χ3v) is 4.40. The van der Waals surface area contributed by atoms with Crippen molar-refractivity contribution in [1.29, 1.82) is 0 Å². The molecule has 0 unspecified atom stereocenters. The summed E-state index contributed by atoms with van der Waals surface area (Å²) in [5.74, 6) is 0.897. The van der Waals surface area contributed by atoms with Crippen LogP contribution in [-0.4, -0.2) is 46.3 Å². The molecule has 0 amide bonds. The lowest BCUT2D eigenvalue weighted by atomic mass is 10.3. The highest BCUT2D eigenvalue weighted by molar-refractivity contribution is 7.16. The van der Waals surface area contributed by atoms with Crippen LogP contribution in [0.25, 0.3) is 0 Å². The van der Waals surface area contributed by atoms with Gasteiger partial charge in [0.05, 0.1) is 10.9 Å². The number of guanidine groups is 1. The van der Waals surface area contributed by atoms with Gasteiger partial charge in [0.2, 0.25) is 0 Å². The molecule has 0 spiro atoms. The average molecular weight is 341 g/mol. The monoisotopic (exact) mass is 340 g/mol. The number of rotatable bonds is 7. The molecule has 6 nitrogen and oxygen atoms in total. The van der Waals surface area contributed by atoms with E-state index >= 15 is 0 Å². The van der Waals surface area contributed by atoms with E-state index in [0.717, 1.165) is 42.8 Å². The zero-order valence-electron chi connectivity index (χ0n) is 12.9. The van der Waals surface area contributed by atoms with Crippen LogP contribution in [0.4, 0.5) is 0 Å². The minimum Gasteiger partial charge on any atom is -0.356 e. The van der Waals surface area contributed by atoms with Gasteiger partial charge < -0.3 is 14.8 Å². The van der Waals surface area contributed by atoms with E-state index < -0.39 is 0 Å². The van der Waals surface area contributed by atoms with Crippen LogP contribution in [0, 0.1) is 0 Å². The molecule has 8 heteroatoms. The molecule has 22 heavy (non-hydrogen) atoms. The molecule has 0 radical (unpaired) electrons. The number of halogens is 1. The van der Waals surface area contributed by atoms with Gasteiger partial charge in [0, 0.05) is 32.1 Å². The van der Waals surface area contributed by atoms with E-state index in [0.29, 0.717) is 0 Å². The lowest BCUT2D eigenvalue weighted by Gasteiger charge is -2.21. The molecule has 0 aromatic carbocycles. The van der Waals surface area contributed by atoms with Gasteiger partial charge in [-0.1, -0.05) is 11.6 Å². The second-order valence-corrected chi connectivity index (χ2v) is 6.74. The number of hydrogen-bond acceptors (Lipinski definition) is 4. The van der Waals surface area contributed by atoms with Crippen LogP contribution in [-0.2, 0) is 13.1 Å². The van der Waals surface area contributed by atoms with Gasteiger partial charge in [0.15, 0.2) is 5.96 Å². The van der Waals surface area contributed by atoms with E-state index in [1.807, 2.05) is 17.7 Å². The summed E-state index contributed by atoms with van der Waals surface area (Å²) in [5, 5.41) is 11.0. The van der Waals surface area contributed by atoms with Crippen molar-refractivity contribution in [1.82, 2.24) is 25.0 Å². The minimum absolute atomic E-state index is 0.803. The summed E-state index contributed by atoms with van der Waals surface area (Å²) in [7, 11) is 3.83. The van der Waals surface area contributed by atoms with Gasteiger partial charge in [-0.05, 0) is 25.0 Å². The molecule has 0 aliphatic heterocycles. The van der Waals surface area contributed by atoms with E-state index in [9.17, 15) is 0 Å². The Morgan fingerprint density at radius 2 is 2.14 bits per heavy atom. The lowest BCUT2D eigenvalue weighted by Crippen LogP contribution is -2.38. The fourth-order valence-corrected chi connectivity index (χ4v) is 3.23. The number of nitrogens with zero attached hydrogens (tertiary/aromatic N) is 5. The molecule has 1 N–H and O–H groups in total. The molecule has 2 rings (SSSR count). The predicted octanol–water partition coefficient (Wildman–Crippen LogP) is 2.48. The summed E-state index contributed by atoms with van der Waals surface area (Å²) in [5.41, 5.74) is 0. The molecule has 0 fully saturated rings. The van der Waals surface area contributed by atoms with Crippen molar-refractivity contribution < 1.29 is 0 Å². The average Bonchev–Trinajstić information content (AvgIpc) is 3.14. The molecule has 2 aromatic heterocycles. The fraction of sp³-hybridized carbons (Fsp3) is 0.500. The van der Waals surface area contributed by atoms with Crippen molar-refractivity contribution in [2.24, 2.45) is 4.99 Å². The summed E-state index contributed by atoms with van der Waals surface area (Å²) in [6.45, 7) is 2.64. The second kappa shape index (κ2) is 8.75. The van der Waals surface area contributed by atoms with E-state index in [1.165, 1.54) is 4.88 Å². The molecule has 0 aliphatic carbocycles. The number of aromatic nitrogens is 3. The quantitative estimate of drug-likeness (QED) is 0.478. The lowest BCUT2D eigenvalue weighted by molar-refractivity contribution is 0.477. The van der Waals surface area contributed by atoms with Crippen molar-refractivity contribution >= 4 is 28.9 Å². The first-order valence-corrected chi connectivity index (χ1v) is 8.37. The van der Waals surface area contributed by atoms with Gasteiger partial charge in [0.1, 0.15) is 12.7 Å². The Bertz CT molecular complexity index is 580. The normalized spacial score (nSPS) is 11.7. The van der Waals surface area contributed by atoms with Crippen molar-refractivity contribution in [2.75, 3.05) is 20.6 Å². The fourth-order valence-electron chi connectivity index (χ4n) is 2.09. The summed E-state index contributed by atoms with van der Waals surface area (Å²) in [4.78, 5) is 7.64. The Labute approximate surface area is 139 Å². The van der Waals surface area contributed by atoms with Gasteiger partial charge in [-0.3, -0.25) is 4.99 Å². The van der Waals surface area contributed by atoms with Crippen LogP contribution in [0.2, 0.25) is 4.34 Å². The topological polar surface area (TPSA) is 58.3 Å². The number of nitrogens with one attached hydrogen (secondary N) is 1. The number of unbranched alkanes of at least 4 members (excludes halogenated alkanes) is 1. The largest absolute Gasteiger partial charge is 0.356 e. The molecule has 0 aliphatic rings. The first-order valence-electron chi connectivity index (χ1n) is 7.17. The predicted molar refractivity (Wildman–Crippen MR) is 91.4 cm³/mol. The Kier molecular flexibility index (Phi) is 6.67. The maximum atomic E-state index is 5.96. The number of hydrogen-bond donors (Lipinski definition) is 1. The Morgan fingerprint density at radius 1 is 1.36 bits per heavy atom. The summed E-state index contributed by atoms with van der Waals surface area (Å²) < 4.78 is 2.81. The van der Waals surface area contributed by atoms with Crippen LogP contribution in [0.5, 0.6) is 0 Å². The van der Waals surface area contributed by atoms with Gasteiger partial charge in [0.25, 0.3) is 0 Å². The van der Waals surface area contributed by atoms with Gasteiger partial charge in [-0.2, -0.15) is 0 Å². The van der Waals surface area contributed by atoms with E-state index in [4.69, 9.17) is 11.6 Å². The van der Waals surface area contributed by atoms with Gasteiger partial charge in [-0.25, -0.2) is 0 Å². The summed E-state index contributed by atoms with van der Waals surface area (Å²) in [6.07, 6.45) is 5.63. The van der Waals surface area contributed by atoms with Crippen molar-refractivity contribution in [2.45, 2.75) is 25.9 Å². The van der Waals surface area contributed by atoms with Gasteiger partial charge >= 0.3 is 0 Å².